The molecule has 0 aliphatic rings. The summed E-state index contributed by atoms with van der Waals surface area (Å²) >= 11 is 3.17. The van der Waals surface area contributed by atoms with E-state index in [1.54, 1.807) is 6.07 Å². The summed E-state index contributed by atoms with van der Waals surface area (Å²) in [5, 5.41) is 2.75. The molecule has 21 heavy (non-hydrogen) atoms. The highest BCUT2D eigenvalue weighted by Gasteiger charge is 2.24. The number of halogens is 2. The fraction of sp³-hybridized carbons (Fsp3) is 0.462. The summed E-state index contributed by atoms with van der Waals surface area (Å²) in [6.45, 7) is 7.05. The average Bonchev–Trinajstić information content (AvgIpc) is 2.27. The second-order valence-electron chi connectivity index (χ2n) is 5.53. The second kappa shape index (κ2) is 6.54. The van der Waals surface area contributed by atoms with Crippen molar-refractivity contribution in [2.45, 2.75) is 44.2 Å². The number of nitrogens with one attached hydrogen (secondary N) is 1. The van der Waals surface area contributed by atoms with Crippen molar-refractivity contribution >= 4 is 41.6 Å². The van der Waals surface area contributed by atoms with E-state index in [0.717, 1.165) is 0 Å². The molecule has 118 valence electrons. The van der Waals surface area contributed by atoms with Crippen molar-refractivity contribution in [1.82, 2.24) is 5.32 Å². The number of carbonyl (C=O) groups is 1. The predicted octanol–water partition coefficient (Wildman–Crippen LogP) is 3.06. The monoisotopic (exact) mass is 397 g/mol. The summed E-state index contributed by atoms with van der Waals surface area (Å²) in [5.74, 6) is -0.312. The SMILES string of the molecule is CC(Oc1ccc(Br)cc1S(=O)(=O)Cl)C(=O)NC(C)(C)C. The van der Waals surface area contributed by atoms with Crippen molar-refractivity contribution < 1.29 is 17.9 Å². The Morgan fingerprint density at radius 2 is 1.95 bits per heavy atom. The van der Waals surface area contributed by atoms with Crippen LogP contribution in [-0.2, 0) is 13.8 Å². The molecule has 0 aromatic heterocycles. The molecule has 0 fully saturated rings. The molecule has 8 heteroatoms. The van der Waals surface area contributed by atoms with Gasteiger partial charge in [0.2, 0.25) is 0 Å². The summed E-state index contributed by atoms with van der Waals surface area (Å²) in [4.78, 5) is 11.8. The van der Waals surface area contributed by atoms with Gasteiger partial charge in [0.25, 0.3) is 15.0 Å². The zero-order chi connectivity index (χ0) is 16.4. The molecule has 0 spiro atoms. The highest BCUT2D eigenvalue weighted by atomic mass is 79.9. The maximum Gasteiger partial charge on any atom is 0.265 e. The van der Waals surface area contributed by atoms with Crippen LogP contribution < -0.4 is 10.1 Å². The number of benzene rings is 1. The van der Waals surface area contributed by atoms with Crippen LogP contribution in [0.2, 0.25) is 0 Å². The van der Waals surface area contributed by atoms with Gasteiger partial charge in [-0.2, -0.15) is 0 Å². The maximum atomic E-state index is 12.0. The van der Waals surface area contributed by atoms with E-state index in [4.69, 9.17) is 15.4 Å². The van der Waals surface area contributed by atoms with Gasteiger partial charge in [-0.1, -0.05) is 15.9 Å². The molecule has 1 rings (SSSR count). The minimum Gasteiger partial charge on any atom is -0.479 e. The standard InChI is InChI=1S/C13H17BrClNO4S/c1-8(12(17)16-13(2,3)4)20-10-6-5-9(14)7-11(10)21(15,18)19/h5-8H,1-4H3,(H,16,17). The Morgan fingerprint density at radius 3 is 2.43 bits per heavy atom. The first-order valence-corrected chi connectivity index (χ1v) is 9.23. The van der Waals surface area contributed by atoms with Crippen molar-refractivity contribution in [2.75, 3.05) is 0 Å². The van der Waals surface area contributed by atoms with Crippen LogP contribution in [0, 0.1) is 0 Å². The van der Waals surface area contributed by atoms with E-state index >= 15 is 0 Å². The highest BCUT2D eigenvalue weighted by Crippen LogP contribution is 2.30. The Hall–Kier alpha value is -0.790. The van der Waals surface area contributed by atoms with Crippen LogP contribution in [0.5, 0.6) is 5.75 Å². The highest BCUT2D eigenvalue weighted by molar-refractivity contribution is 9.10. The van der Waals surface area contributed by atoms with Crippen LogP contribution in [0.25, 0.3) is 0 Å². The number of amides is 1. The van der Waals surface area contributed by atoms with Crippen LogP contribution in [-0.4, -0.2) is 26.0 Å². The van der Waals surface area contributed by atoms with Gasteiger partial charge in [-0.15, -0.1) is 0 Å². The number of hydrogen-bond acceptors (Lipinski definition) is 4. The first-order valence-electron chi connectivity index (χ1n) is 6.13. The molecule has 0 aliphatic heterocycles. The molecule has 1 atom stereocenters. The normalized spacial score (nSPS) is 13.6. The summed E-state index contributed by atoms with van der Waals surface area (Å²) in [6, 6.07) is 4.38. The molecule has 0 bridgehead atoms. The first kappa shape index (κ1) is 18.3. The van der Waals surface area contributed by atoms with Gasteiger partial charge < -0.3 is 10.1 Å². The van der Waals surface area contributed by atoms with Gasteiger partial charge in [0.15, 0.2) is 6.10 Å². The molecule has 1 amide bonds. The van der Waals surface area contributed by atoms with Crippen LogP contribution >= 0.6 is 26.6 Å². The zero-order valence-corrected chi connectivity index (χ0v) is 15.3. The molecule has 1 unspecified atom stereocenters. The maximum absolute atomic E-state index is 12.0. The van der Waals surface area contributed by atoms with E-state index in [1.807, 2.05) is 20.8 Å². The van der Waals surface area contributed by atoms with Gasteiger partial charge in [0.05, 0.1) is 0 Å². The van der Waals surface area contributed by atoms with E-state index in [1.165, 1.54) is 19.1 Å². The fourth-order valence-electron chi connectivity index (χ4n) is 1.49. The van der Waals surface area contributed by atoms with Gasteiger partial charge in [0.1, 0.15) is 10.6 Å². The molecule has 0 heterocycles. The van der Waals surface area contributed by atoms with E-state index in [9.17, 15) is 13.2 Å². The summed E-state index contributed by atoms with van der Waals surface area (Å²) in [6.07, 6.45) is -0.859. The molecular weight excluding hydrogens is 382 g/mol. The lowest BCUT2D eigenvalue weighted by Gasteiger charge is -2.24. The van der Waals surface area contributed by atoms with Crippen molar-refractivity contribution in [3.63, 3.8) is 0 Å². The quantitative estimate of drug-likeness (QED) is 0.791. The number of ether oxygens (including phenoxy) is 1. The topological polar surface area (TPSA) is 72.5 Å². The fourth-order valence-corrected chi connectivity index (χ4v) is 2.98. The Bertz CT molecular complexity index is 640. The number of rotatable bonds is 4. The van der Waals surface area contributed by atoms with Crippen molar-refractivity contribution in [1.29, 1.82) is 0 Å². The smallest absolute Gasteiger partial charge is 0.265 e. The van der Waals surface area contributed by atoms with Crippen molar-refractivity contribution in [3.8, 4) is 5.75 Å². The van der Waals surface area contributed by atoms with Crippen LogP contribution in [0.4, 0.5) is 0 Å². The summed E-state index contributed by atoms with van der Waals surface area (Å²) in [7, 11) is 1.40. The van der Waals surface area contributed by atoms with Crippen LogP contribution in [0.3, 0.4) is 0 Å². The Kier molecular flexibility index (Phi) is 5.69. The van der Waals surface area contributed by atoms with Crippen LogP contribution in [0.15, 0.2) is 27.6 Å². The molecule has 5 nitrogen and oxygen atoms in total. The zero-order valence-electron chi connectivity index (χ0n) is 12.1. The lowest BCUT2D eigenvalue weighted by atomic mass is 10.1. The second-order valence-corrected chi connectivity index (χ2v) is 8.98. The molecule has 1 aromatic carbocycles. The molecular formula is C13H17BrClNO4S. The van der Waals surface area contributed by atoms with E-state index in [0.29, 0.717) is 4.47 Å². The number of carbonyl (C=O) groups excluding carboxylic acids is 1. The van der Waals surface area contributed by atoms with E-state index in [2.05, 4.69) is 21.2 Å². The van der Waals surface area contributed by atoms with Crippen LogP contribution in [0.1, 0.15) is 27.7 Å². The van der Waals surface area contributed by atoms with Gasteiger partial charge >= 0.3 is 0 Å². The minimum absolute atomic E-state index is 0.0322. The number of hydrogen-bond donors (Lipinski definition) is 1. The Balaban J connectivity index is 3.01. The van der Waals surface area contributed by atoms with Crippen molar-refractivity contribution in [2.24, 2.45) is 0 Å². The summed E-state index contributed by atoms with van der Waals surface area (Å²) < 4.78 is 29.1. The molecule has 0 radical (unpaired) electrons. The van der Waals surface area contributed by atoms with Gasteiger partial charge in [-0.3, -0.25) is 4.79 Å². The lowest BCUT2D eigenvalue weighted by molar-refractivity contribution is -0.128. The Labute approximate surface area is 137 Å². The van der Waals surface area contributed by atoms with Gasteiger partial charge in [-0.25, -0.2) is 8.42 Å². The van der Waals surface area contributed by atoms with Crippen molar-refractivity contribution in [3.05, 3.63) is 22.7 Å². The lowest BCUT2D eigenvalue weighted by Crippen LogP contribution is -2.46. The largest absolute Gasteiger partial charge is 0.479 e. The predicted molar refractivity (Wildman–Crippen MR) is 85.2 cm³/mol. The van der Waals surface area contributed by atoms with E-state index < -0.39 is 20.7 Å². The van der Waals surface area contributed by atoms with E-state index in [-0.39, 0.29) is 16.6 Å². The minimum atomic E-state index is -3.98. The third-order valence-corrected chi connectivity index (χ3v) is 4.18. The molecule has 1 aromatic rings. The van der Waals surface area contributed by atoms with Gasteiger partial charge in [0, 0.05) is 20.7 Å². The molecule has 0 saturated heterocycles. The first-order chi connectivity index (χ1) is 9.40. The Morgan fingerprint density at radius 1 is 1.38 bits per heavy atom. The third-order valence-electron chi connectivity index (χ3n) is 2.34. The molecule has 1 N–H and O–H groups in total. The average molecular weight is 399 g/mol. The third kappa shape index (κ3) is 5.84. The van der Waals surface area contributed by atoms with Gasteiger partial charge in [-0.05, 0) is 45.9 Å². The molecule has 0 aliphatic carbocycles. The summed E-state index contributed by atoms with van der Waals surface area (Å²) in [5.41, 5.74) is -0.407. The molecule has 0 saturated carbocycles.